The Balaban J connectivity index is 1.43. The van der Waals surface area contributed by atoms with Crippen molar-refractivity contribution in [3.8, 4) is 23.0 Å². The molecule has 10 nitrogen and oxygen atoms in total. The number of nitrogens with zero attached hydrogens (tertiary/aromatic N) is 3. The van der Waals surface area contributed by atoms with Crippen molar-refractivity contribution in [3.63, 3.8) is 0 Å². The number of amides is 2. The summed E-state index contributed by atoms with van der Waals surface area (Å²) in [4.78, 5) is 33.5. The van der Waals surface area contributed by atoms with Gasteiger partial charge in [0.2, 0.25) is 5.75 Å². The van der Waals surface area contributed by atoms with Gasteiger partial charge in [0.1, 0.15) is 12.4 Å². The number of aromatic nitrogens is 1. The van der Waals surface area contributed by atoms with E-state index < -0.39 is 29.5 Å². The van der Waals surface area contributed by atoms with Crippen LogP contribution < -0.4 is 18.9 Å². The zero-order valence-corrected chi connectivity index (χ0v) is 26.7. The minimum absolute atomic E-state index is 0.00814. The normalized spacial score (nSPS) is 14.5. The van der Waals surface area contributed by atoms with Gasteiger partial charge in [0.15, 0.2) is 11.5 Å². The number of likely N-dealkylation sites (tertiary alicyclic amines) is 1. The molecular weight excluding hydrogens is 600 g/mol. The molecule has 0 bridgehead atoms. The van der Waals surface area contributed by atoms with E-state index in [0.29, 0.717) is 38.8 Å². The van der Waals surface area contributed by atoms with Crippen molar-refractivity contribution in [3.05, 3.63) is 77.6 Å². The number of hydrogen-bond donors (Lipinski definition) is 0. The van der Waals surface area contributed by atoms with Crippen molar-refractivity contribution >= 4 is 12.0 Å². The van der Waals surface area contributed by atoms with Crippen LogP contribution in [0.4, 0.5) is 13.6 Å². The Hall–Kier alpha value is -4.61. The molecule has 1 saturated heterocycles. The first kappa shape index (κ1) is 34.3. The molecule has 1 fully saturated rings. The Morgan fingerprint density at radius 2 is 1.67 bits per heavy atom. The molecule has 0 spiro atoms. The van der Waals surface area contributed by atoms with E-state index in [0.717, 1.165) is 40.3 Å². The number of hydrogen-bond acceptors (Lipinski definition) is 8. The lowest BCUT2D eigenvalue weighted by Crippen LogP contribution is -2.47. The minimum Gasteiger partial charge on any atom is -0.497 e. The molecule has 1 aliphatic heterocycles. The summed E-state index contributed by atoms with van der Waals surface area (Å²) in [5.41, 5.74) is 1.45. The summed E-state index contributed by atoms with van der Waals surface area (Å²) in [5, 5.41) is 0. The third-order valence-corrected chi connectivity index (χ3v) is 8.01. The summed E-state index contributed by atoms with van der Waals surface area (Å²) in [7, 11) is 5.58. The zero-order chi connectivity index (χ0) is 33.1. The van der Waals surface area contributed by atoms with Crippen LogP contribution in [-0.4, -0.2) is 87.5 Å². The largest absolute Gasteiger partial charge is 0.497 e. The molecule has 2 amide bonds. The molecule has 46 heavy (non-hydrogen) atoms. The lowest BCUT2D eigenvalue weighted by molar-refractivity contribution is -0.160. The van der Waals surface area contributed by atoms with Crippen LogP contribution in [0.2, 0.25) is 0 Å². The molecule has 4 rings (SSSR count). The van der Waals surface area contributed by atoms with Gasteiger partial charge in [0, 0.05) is 37.6 Å². The van der Waals surface area contributed by atoms with E-state index in [1.807, 2.05) is 36.4 Å². The Labute approximate surface area is 268 Å². The second kappa shape index (κ2) is 16.1. The van der Waals surface area contributed by atoms with Crippen LogP contribution in [0, 0.1) is 0 Å². The molecule has 0 radical (unpaired) electrons. The molecule has 12 heteroatoms. The second-order valence-electron chi connectivity index (χ2n) is 10.9. The molecule has 2 heterocycles. The van der Waals surface area contributed by atoms with Gasteiger partial charge in [-0.1, -0.05) is 18.2 Å². The molecule has 1 atom stereocenters. The summed E-state index contributed by atoms with van der Waals surface area (Å²) in [6, 6.07) is 12.9. The molecule has 0 saturated carbocycles. The maximum atomic E-state index is 15.7. The van der Waals surface area contributed by atoms with Crippen LogP contribution in [-0.2, 0) is 28.3 Å². The minimum atomic E-state index is -3.89. The number of carbonyl (C=O) groups excluding carboxylic acids is 2. The summed E-state index contributed by atoms with van der Waals surface area (Å²) in [6.45, 7) is 0.718. The number of alkyl halides is 2. The smallest absolute Gasteiger partial charge is 0.409 e. The maximum Gasteiger partial charge on any atom is 0.409 e. The van der Waals surface area contributed by atoms with Crippen LogP contribution in [0.5, 0.6) is 23.0 Å². The highest BCUT2D eigenvalue weighted by Crippen LogP contribution is 2.43. The van der Waals surface area contributed by atoms with Crippen LogP contribution >= 0.6 is 0 Å². The number of ether oxygens (including phenoxy) is 5. The number of methoxy groups -OCH3 is 4. The molecule has 1 aromatic heterocycles. The topological polar surface area (TPSA) is 99.7 Å². The fraction of sp³-hybridized carbons (Fsp3) is 0.441. The molecule has 1 aliphatic rings. The van der Waals surface area contributed by atoms with E-state index >= 15 is 8.78 Å². The third-order valence-electron chi connectivity index (χ3n) is 8.01. The number of pyridine rings is 1. The van der Waals surface area contributed by atoms with Gasteiger partial charge in [-0.3, -0.25) is 9.78 Å². The van der Waals surface area contributed by atoms with Crippen LogP contribution in [0.3, 0.4) is 0 Å². The van der Waals surface area contributed by atoms with E-state index in [1.54, 1.807) is 24.4 Å². The molecular formula is C34H41F2N3O7. The number of aryl methyl sites for hydroxylation is 1. The highest BCUT2D eigenvalue weighted by Gasteiger charge is 2.48. The van der Waals surface area contributed by atoms with Gasteiger partial charge in [0.25, 0.3) is 5.91 Å². The summed E-state index contributed by atoms with van der Waals surface area (Å²) in [5.74, 6) is -4.40. The average Bonchev–Trinajstić information content (AvgIpc) is 3.56. The van der Waals surface area contributed by atoms with Crippen LogP contribution in [0.15, 0.2) is 60.9 Å². The fourth-order valence-electron chi connectivity index (χ4n) is 5.51. The Bertz CT molecular complexity index is 1430. The first-order chi connectivity index (χ1) is 22.2. The van der Waals surface area contributed by atoms with E-state index in [-0.39, 0.29) is 30.4 Å². The lowest BCUT2D eigenvalue weighted by Gasteiger charge is -2.30. The van der Waals surface area contributed by atoms with E-state index in [1.165, 1.54) is 21.3 Å². The van der Waals surface area contributed by atoms with Gasteiger partial charge in [-0.25, -0.2) is 4.79 Å². The monoisotopic (exact) mass is 641 g/mol. The van der Waals surface area contributed by atoms with Gasteiger partial charge < -0.3 is 33.5 Å². The first-order valence-electron chi connectivity index (χ1n) is 15.1. The Kier molecular flexibility index (Phi) is 12.0. The van der Waals surface area contributed by atoms with Crippen molar-refractivity contribution in [1.29, 1.82) is 0 Å². The second-order valence-corrected chi connectivity index (χ2v) is 10.9. The quantitative estimate of drug-likeness (QED) is 0.214. The number of rotatable bonds is 15. The van der Waals surface area contributed by atoms with Gasteiger partial charge in [-0.2, -0.15) is 8.78 Å². The van der Waals surface area contributed by atoms with Gasteiger partial charge >= 0.3 is 12.0 Å². The molecule has 0 N–H and O–H groups in total. The zero-order valence-electron chi connectivity index (χ0n) is 26.7. The number of carbonyl (C=O) groups is 2. The van der Waals surface area contributed by atoms with Crippen molar-refractivity contribution < 1.29 is 42.1 Å². The molecule has 1 unspecified atom stereocenters. The first-order valence-corrected chi connectivity index (χ1v) is 15.1. The summed E-state index contributed by atoms with van der Waals surface area (Å²) < 4.78 is 58.0. The molecule has 0 aliphatic carbocycles. The lowest BCUT2D eigenvalue weighted by atomic mass is 10.0. The van der Waals surface area contributed by atoms with Crippen LogP contribution in [0.1, 0.15) is 36.0 Å². The highest BCUT2D eigenvalue weighted by atomic mass is 19.3. The predicted molar refractivity (Wildman–Crippen MR) is 167 cm³/mol. The molecule has 2 aromatic carbocycles. The van der Waals surface area contributed by atoms with E-state index in [4.69, 9.17) is 23.7 Å². The summed E-state index contributed by atoms with van der Waals surface area (Å²) in [6.07, 6.45) is 5.82. The van der Waals surface area contributed by atoms with Gasteiger partial charge in [-0.15, -0.1) is 0 Å². The number of benzene rings is 2. The highest BCUT2D eigenvalue weighted by molar-refractivity contribution is 5.86. The van der Waals surface area contributed by atoms with Crippen molar-refractivity contribution in [2.24, 2.45) is 0 Å². The fourth-order valence-corrected chi connectivity index (χ4v) is 5.51. The predicted octanol–water partition coefficient (Wildman–Crippen LogP) is 5.51. The Morgan fingerprint density at radius 1 is 0.935 bits per heavy atom. The van der Waals surface area contributed by atoms with E-state index in [9.17, 15) is 9.59 Å². The van der Waals surface area contributed by atoms with Crippen molar-refractivity contribution in [2.45, 2.75) is 44.1 Å². The SMILES string of the molecule is COc1cccc(CCN(CCCc2cccnc2)C(=O)OCC2CCCN2C(=O)C(F)(F)c2cc(OC)c(OC)c(OC)c2)c1. The molecule has 248 valence electrons. The standard InChI is InChI=1S/C34H41F2N3O7/c1-42-28-13-5-9-24(19-28)14-18-38(16-7-11-25-10-6-15-37-22-25)33(41)46-23-27-12-8-17-39(27)32(40)34(35,36)26-20-29(43-2)31(45-4)30(21-26)44-3/h5-6,9-10,13,15,19-22,27H,7-8,11-12,14,16-18,23H2,1-4H3. The third kappa shape index (κ3) is 8.35. The van der Waals surface area contributed by atoms with Gasteiger partial charge in [0.05, 0.1) is 34.5 Å². The summed E-state index contributed by atoms with van der Waals surface area (Å²) >= 11 is 0. The molecule has 3 aromatic rings. The Morgan fingerprint density at radius 3 is 2.33 bits per heavy atom. The average molecular weight is 642 g/mol. The van der Waals surface area contributed by atoms with Crippen molar-refractivity contribution in [2.75, 3.05) is 54.7 Å². The number of halogens is 2. The van der Waals surface area contributed by atoms with Crippen LogP contribution in [0.25, 0.3) is 0 Å². The maximum absolute atomic E-state index is 15.7. The van der Waals surface area contributed by atoms with E-state index in [2.05, 4.69) is 4.98 Å². The van der Waals surface area contributed by atoms with Crippen molar-refractivity contribution in [1.82, 2.24) is 14.8 Å². The van der Waals surface area contributed by atoms with Gasteiger partial charge in [-0.05, 0) is 73.6 Å².